The summed E-state index contributed by atoms with van der Waals surface area (Å²) in [4.78, 5) is 15.8. The molecule has 0 aliphatic heterocycles. The van der Waals surface area contributed by atoms with Gasteiger partial charge in [-0.15, -0.1) is 0 Å². The van der Waals surface area contributed by atoms with Crippen LogP contribution in [0.25, 0.3) is 0 Å². The molecule has 0 saturated heterocycles. The number of carbonyl (C=O) groups is 1. The van der Waals surface area contributed by atoms with Crippen LogP contribution >= 0.6 is 0 Å². The van der Waals surface area contributed by atoms with Crippen LogP contribution in [0.2, 0.25) is 0 Å². The number of ether oxygens (including phenoxy) is 1. The smallest absolute Gasteiger partial charge is 0.265 e. The van der Waals surface area contributed by atoms with Crippen LogP contribution in [-0.2, 0) is 4.79 Å². The Morgan fingerprint density at radius 1 is 1.37 bits per heavy atom. The van der Waals surface area contributed by atoms with E-state index in [1.165, 1.54) is 0 Å². The van der Waals surface area contributed by atoms with E-state index in [0.717, 1.165) is 0 Å². The molecule has 2 aromatic rings. The molecule has 1 atom stereocenters. The van der Waals surface area contributed by atoms with Crippen molar-refractivity contribution < 1.29 is 9.53 Å². The summed E-state index contributed by atoms with van der Waals surface area (Å²) < 4.78 is 5.52. The van der Waals surface area contributed by atoms with Gasteiger partial charge in [0.2, 0.25) is 0 Å². The first-order chi connectivity index (χ1) is 9.15. The van der Waals surface area contributed by atoms with Crippen molar-refractivity contribution in [1.82, 2.24) is 4.98 Å². The van der Waals surface area contributed by atoms with Gasteiger partial charge >= 0.3 is 0 Å². The van der Waals surface area contributed by atoms with Crippen LogP contribution in [0.15, 0.2) is 48.8 Å². The lowest BCUT2D eigenvalue weighted by molar-refractivity contribution is -0.122. The van der Waals surface area contributed by atoms with Gasteiger partial charge in [0.25, 0.3) is 5.91 Å². The Balaban J connectivity index is 1.96. The molecule has 2 rings (SSSR count). The molecule has 0 radical (unpaired) electrons. The van der Waals surface area contributed by atoms with Gasteiger partial charge in [-0.3, -0.25) is 9.78 Å². The molecule has 0 bridgehead atoms. The largest absolute Gasteiger partial charge is 0.481 e. The third-order valence-corrected chi connectivity index (χ3v) is 2.47. The minimum Gasteiger partial charge on any atom is -0.481 e. The van der Waals surface area contributed by atoms with Gasteiger partial charge in [-0.05, 0) is 31.2 Å². The molecule has 0 saturated carbocycles. The molecule has 1 heterocycles. The maximum atomic E-state index is 11.9. The molecular weight excluding hydrogens is 242 g/mol. The Kier molecular flexibility index (Phi) is 3.97. The fraction of sp³-hybridized carbons (Fsp3) is 0.143. The van der Waals surface area contributed by atoms with E-state index in [1.807, 2.05) is 0 Å². The lowest BCUT2D eigenvalue weighted by atomic mass is 10.3. The molecule has 0 aliphatic carbocycles. The topological polar surface area (TPSA) is 77.2 Å². The normalized spacial score (nSPS) is 11.6. The molecule has 5 nitrogen and oxygen atoms in total. The van der Waals surface area contributed by atoms with E-state index in [-0.39, 0.29) is 5.91 Å². The molecule has 1 aromatic carbocycles. The van der Waals surface area contributed by atoms with E-state index in [2.05, 4.69) is 10.3 Å². The zero-order valence-electron chi connectivity index (χ0n) is 10.5. The number of nitrogens with one attached hydrogen (secondary N) is 1. The first-order valence-corrected chi connectivity index (χ1v) is 5.88. The zero-order valence-corrected chi connectivity index (χ0v) is 10.5. The molecule has 0 spiro atoms. The number of nitrogens with two attached hydrogens (primary N) is 1. The van der Waals surface area contributed by atoms with Crippen molar-refractivity contribution in [2.24, 2.45) is 0 Å². The third-order valence-electron chi connectivity index (χ3n) is 2.47. The second kappa shape index (κ2) is 5.86. The number of hydrogen-bond donors (Lipinski definition) is 2. The minimum absolute atomic E-state index is 0.240. The third kappa shape index (κ3) is 3.70. The van der Waals surface area contributed by atoms with Crippen molar-refractivity contribution in [3.8, 4) is 5.75 Å². The Morgan fingerprint density at radius 3 is 2.89 bits per heavy atom. The van der Waals surface area contributed by atoms with E-state index in [4.69, 9.17) is 10.5 Å². The highest BCUT2D eigenvalue weighted by atomic mass is 16.5. The number of anilines is 2. The Bertz CT molecular complexity index is 558. The Labute approximate surface area is 111 Å². The summed E-state index contributed by atoms with van der Waals surface area (Å²) in [6, 6.07) is 10.5. The molecule has 1 amide bonds. The van der Waals surface area contributed by atoms with Gasteiger partial charge in [-0.1, -0.05) is 6.07 Å². The van der Waals surface area contributed by atoms with Crippen molar-refractivity contribution in [3.63, 3.8) is 0 Å². The number of rotatable bonds is 4. The van der Waals surface area contributed by atoms with Gasteiger partial charge in [0, 0.05) is 18.0 Å². The predicted molar refractivity (Wildman–Crippen MR) is 73.8 cm³/mol. The lowest BCUT2D eigenvalue weighted by Gasteiger charge is -2.14. The summed E-state index contributed by atoms with van der Waals surface area (Å²) in [5, 5.41) is 2.72. The van der Waals surface area contributed by atoms with Crippen LogP contribution in [0.3, 0.4) is 0 Å². The van der Waals surface area contributed by atoms with Gasteiger partial charge < -0.3 is 15.8 Å². The molecule has 0 unspecified atom stereocenters. The number of nitrogen functional groups attached to an aromatic ring is 1. The van der Waals surface area contributed by atoms with Crippen LogP contribution < -0.4 is 15.8 Å². The first-order valence-electron chi connectivity index (χ1n) is 5.88. The number of amides is 1. The van der Waals surface area contributed by atoms with E-state index in [9.17, 15) is 4.79 Å². The Morgan fingerprint density at radius 2 is 2.21 bits per heavy atom. The fourth-order valence-corrected chi connectivity index (χ4v) is 1.53. The van der Waals surface area contributed by atoms with Gasteiger partial charge in [0.15, 0.2) is 6.10 Å². The van der Waals surface area contributed by atoms with E-state index in [0.29, 0.717) is 17.1 Å². The molecule has 3 N–H and O–H groups in total. The number of carbonyl (C=O) groups excluding carboxylic acids is 1. The van der Waals surface area contributed by atoms with Crippen molar-refractivity contribution in [2.45, 2.75) is 13.0 Å². The highest BCUT2D eigenvalue weighted by Crippen LogP contribution is 2.16. The number of aromatic nitrogens is 1. The van der Waals surface area contributed by atoms with Crippen LogP contribution in [0.5, 0.6) is 5.75 Å². The van der Waals surface area contributed by atoms with E-state index in [1.54, 1.807) is 55.7 Å². The highest BCUT2D eigenvalue weighted by molar-refractivity contribution is 5.93. The van der Waals surface area contributed by atoms with Crippen molar-refractivity contribution in [3.05, 3.63) is 48.8 Å². The quantitative estimate of drug-likeness (QED) is 0.822. The summed E-state index contributed by atoms with van der Waals surface area (Å²) in [5.74, 6) is 0.323. The summed E-state index contributed by atoms with van der Waals surface area (Å²) in [7, 11) is 0. The minimum atomic E-state index is -0.623. The molecule has 5 heteroatoms. The van der Waals surface area contributed by atoms with Crippen molar-refractivity contribution >= 4 is 17.3 Å². The predicted octanol–water partition coefficient (Wildman–Crippen LogP) is 2.07. The lowest BCUT2D eigenvalue weighted by Crippen LogP contribution is -2.30. The monoisotopic (exact) mass is 257 g/mol. The van der Waals surface area contributed by atoms with Crippen LogP contribution in [0.1, 0.15) is 6.92 Å². The standard InChI is InChI=1S/C14H15N3O2/c1-10(19-13-6-2-4-11(15)8-13)14(18)17-12-5-3-7-16-9-12/h2-10H,15H2,1H3,(H,17,18)/t10-/m1/s1. The van der Waals surface area contributed by atoms with E-state index < -0.39 is 6.10 Å². The molecular formula is C14H15N3O2. The maximum absolute atomic E-state index is 11.9. The fourth-order valence-electron chi connectivity index (χ4n) is 1.53. The average molecular weight is 257 g/mol. The van der Waals surface area contributed by atoms with Crippen LogP contribution in [0, 0.1) is 0 Å². The van der Waals surface area contributed by atoms with Crippen LogP contribution in [0.4, 0.5) is 11.4 Å². The maximum Gasteiger partial charge on any atom is 0.265 e. The average Bonchev–Trinajstić information content (AvgIpc) is 2.40. The number of benzene rings is 1. The molecule has 98 valence electrons. The van der Waals surface area contributed by atoms with E-state index >= 15 is 0 Å². The summed E-state index contributed by atoms with van der Waals surface area (Å²) in [5.41, 5.74) is 6.87. The number of pyridine rings is 1. The number of hydrogen-bond acceptors (Lipinski definition) is 4. The SMILES string of the molecule is C[C@@H](Oc1cccc(N)c1)C(=O)Nc1cccnc1. The van der Waals surface area contributed by atoms with Crippen LogP contribution in [-0.4, -0.2) is 17.0 Å². The van der Waals surface area contributed by atoms with Crippen molar-refractivity contribution in [1.29, 1.82) is 0 Å². The van der Waals surface area contributed by atoms with Crippen molar-refractivity contribution in [2.75, 3.05) is 11.1 Å². The summed E-state index contributed by atoms with van der Waals surface area (Å²) in [6.45, 7) is 1.68. The van der Waals surface area contributed by atoms with Gasteiger partial charge in [-0.2, -0.15) is 0 Å². The second-order valence-electron chi connectivity index (χ2n) is 4.06. The molecule has 0 fully saturated rings. The van der Waals surface area contributed by atoms with Gasteiger partial charge in [0.05, 0.1) is 11.9 Å². The zero-order chi connectivity index (χ0) is 13.7. The molecule has 0 aliphatic rings. The first kappa shape index (κ1) is 12.9. The highest BCUT2D eigenvalue weighted by Gasteiger charge is 2.14. The second-order valence-corrected chi connectivity index (χ2v) is 4.06. The molecule has 1 aromatic heterocycles. The number of nitrogens with zero attached hydrogens (tertiary/aromatic N) is 1. The van der Waals surface area contributed by atoms with Gasteiger partial charge in [0.1, 0.15) is 5.75 Å². The molecule has 19 heavy (non-hydrogen) atoms. The summed E-state index contributed by atoms with van der Waals surface area (Å²) in [6.07, 6.45) is 2.59. The summed E-state index contributed by atoms with van der Waals surface area (Å²) >= 11 is 0. The Hall–Kier alpha value is -2.56. The van der Waals surface area contributed by atoms with Gasteiger partial charge in [-0.25, -0.2) is 0 Å².